The Balaban J connectivity index is 1.86. The van der Waals surface area contributed by atoms with E-state index in [4.69, 9.17) is 9.47 Å². The third-order valence-corrected chi connectivity index (χ3v) is 4.83. The Morgan fingerprint density at radius 2 is 1.87 bits per heavy atom. The molecule has 3 rings (SSSR count). The minimum absolute atomic E-state index is 0.228. The second-order valence-corrected chi connectivity index (χ2v) is 5.39. The number of allylic oxidation sites excluding steroid dienone is 1. The zero-order valence-corrected chi connectivity index (χ0v) is 9.66. The van der Waals surface area contributed by atoms with Crippen molar-refractivity contribution in [3.63, 3.8) is 0 Å². The van der Waals surface area contributed by atoms with E-state index in [1.165, 1.54) is 18.4 Å². The van der Waals surface area contributed by atoms with E-state index >= 15 is 0 Å². The maximum atomic E-state index is 5.88. The number of rotatable bonds is 0. The van der Waals surface area contributed by atoms with Crippen LogP contribution in [0.4, 0.5) is 0 Å². The van der Waals surface area contributed by atoms with Crippen molar-refractivity contribution >= 4 is 0 Å². The predicted octanol–water partition coefficient (Wildman–Crippen LogP) is 2.60. The standard InChI is InChI=1S/C13H20O2/c1-8-4-5-11-12(9(8)2)10(3)13(11)14-6-7-15-13/h8,10-12H,2,4-7H2,1,3H3/t8?,10-,11+,12?/m1/s1. The highest BCUT2D eigenvalue weighted by Gasteiger charge is 2.65. The van der Waals surface area contributed by atoms with Crippen LogP contribution in [-0.4, -0.2) is 19.0 Å². The second kappa shape index (κ2) is 3.08. The van der Waals surface area contributed by atoms with Gasteiger partial charge < -0.3 is 9.47 Å². The highest BCUT2D eigenvalue weighted by Crippen LogP contribution is 2.61. The Bertz CT molecular complexity index is 291. The Labute approximate surface area is 91.6 Å². The molecule has 1 heterocycles. The molecule has 2 aliphatic carbocycles. The van der Waals surface area contributed by atoms with Gasteiger partial charge in [-0.05, 0) is 24.7 Å². The van der Waals surface area contributed by atoms with Crippen molar-refractivity contribution < 1.29 is 9.47 Å². The van der Waals surface area contributed by atoms with E-state index in [-0.39, 0.29) is 5.79 Å². The molecule has 1 spiro atoms. The fraction of sp³-hybridized carbons (Fsp3) is 0.846. The van der Waals surface area contributed by atoms with Gasteiger partial charge >= 0.3 is 0 Å². The molecule has 2 nitrogen and oxygen atoms in total. The topological polar surface area (TPSA) is 18.5 Å². The maximum absolute atomic E-state index is 5.88. The van der Waals surface area contributed by atoms with Gasteiger partial charge in [-0.1, -0.05) is 26.0 Å². The molecule has 15 heavy (non-hydrogen) atoms. The molecule has 84 valence electrons. The van der Waals surface area contributed by atoms with Crippen LogP contribution in [-0.2, 0) is 9.47 Å². The molecule has 0 bridgehead atoms. The van der Waals surface area contributed by atoms with Gasteiger partial charge in [0.25, 0.3) is 0 Å². The van der Waals surface area contributed by atoms with E-state index in [9.17, 15) is 0 Å². The summed E-state index contributed by atoms with van der Waals surface area (Å²) in [5, 5.41) is 0. The van der Waals surface area contributed by atoms with Gasteiger partial charge in [0.2, 0.25) is 0 Å². The van der Waals surface area contributed by atoms with Crippen molar-refractivity contribution in [2.75, 3.05) is 13.2 Å². The second-order valence-electron chi connectivity index (χ2n) is 5.39. The van der Waals surface area contributed by atoms with Crippen molar-refractivity contribution in [2.45, 2.75) is 32.5 Å². The van der Waals surface area contributed by atoms with E-state index in [1.807, 2.05) is 0 Å². The highest BCUT2D eigenvalue weighted by atomic mass is 16.7. The van der Waals surface area contributed by atoms with Gasteiger partial charge in [-0.3, -0.25) is 0 Å². The lowest BCUT2D eigenvalue weighted by atomic mass is 9.51. The molecule has 0 aromatic carbocycles. The van der Waals surface area contributed by atoms with Crippen molar-refractivity contribution in [1.82, 2.24) is 0 Å². The Morgan fingerprint density at radius 1 is 1.20 bits per heavy atom. The van der Waals surface area contributed by atoms with Gasteiger partial charge in [0, 0.05) is 11.8 Å². The minimum Gasteiger partial charge on any atom is -0.347 e. The predicted molar refractivity (Wildman–Crippen MR) is 58.3 cm³/mol. The van der Waals surface area contributed by atoms with Gasteiger partial charge in [-0.25, -0.2) is 0 Å². The molecular weight excluding hydrogens is 188 g/mol. The van der Waals surface area contributed by atoms with Crippen LogP contribution in [0.3, 0.4) is 0 Å². The average Bonchev–Trinajstić information content (AvgIpc) is 2.72. The van der Waals surface area contributed by atoms with Crippen LogP contribution in [0.25, 0.3) is 0 Å². The van der Waals surface area contributed by atoms with Gasteiger partial charge in [0.15, 0.2) is 5.79 Å². The molecular formula is C13H20O2. The van der Waals surface area contributed by atoms with E-state index in [2.05, 4.69) is 20.4 Å². The van der Waals surface area contributed by atoms with Crippen LogP contribution in [0.1, 0.15) is 26.7 Å². The zero-order chi connectivity index (χ0) is 10.6. The van der Waals surface area contributed by atoms with Crippen molar-refractivity contribution in [2.24, 2.45) is 23.7 Å². The fourth-order valence-electron chi connectivity index (χ4n) is 3.89. The van der Waals surface area contributed by atoms with Gasteiger partial charge in [0.05, 0.1) is 13.2 Å². The Hall–Kier alpha value is -0.340. The monoisotopic (exact) mass is 208 g/mol. The van der Waals surface area contributed by atoms with Gasteiger partial charge in [-0.2, -0.15) is 0 Å². The summed E-state index contributed by atoms with van der Waals surface area (Å²) in [5.74, 6) is 2.19. The normalized spacial score (nSPS) is 47.7. The molecule has 0 aromatic rings. The molecule has 2 unspecified atom stereocenters. The summed E-state index contributed by atoms with van der Waals surface area (Å²) >= 11 is 0. The summed E-state index contributed by atoms with van der Waals surface area (Å²) < 4.78 is 11.8. The molecule has 1 saturated heterocycles. The van der Waals surface area contributed by atoms with Crippen molar-refractivity contribution in [1.29, 1.82) is 0 Å². The van der Waals surface area contributed by atoms with E-state index < -0.39 is 0 Å². The third kappa shape index (κ3) is 1.07. The number of ether oxygens (including phenoxy) is 2. The summed E-state index contributed by atoms with van der Waals surface area (Å²) in [4.78, 5) is 0. The summed E-state index contributed by atoms with van der Waals surface area (Å²) in [6, 6.07) is 0. The largest absolute Gasteiger partial charge is 0.347 e. The first-order chi connectivity index (χ1) is 7.17. The molecule has 0 amide bonds. The van der Waals surface area contributed by atoms with Crippen LogP contribution in [0, 0.1) is 23.7 Å². The molecule has 0 aromatic heterocycles. The molecule has 1 aliphatic heterocycles. The molecule has 2 saturated carbocycles. The number of hydrogen-bond acceptors (Lipinski definition) is 2. The first-order valence-corrected chi connectivity index (χ1v) is 6.13. The summed E-state index contributed by atoms with van der Waals surface area (Å²) in [5.41, 5.74) is 1.43. The van der Waals surface area contributed by atoms with Crippen LogP contribution in [0.2, 0.25) is 0 Å². The first-order valence-electron chi connectivity index (χ1n) is 6.13. The summed E-state index contributed by atoms with van der Waals surface area (Å²) in [6.45, 7) is 10.4. The summed E-state index contributed by atoms with van der Waals surface area (Å²) in [7, 11) is 0. The smallest absolute Gasteiger partial charge is 0.174 e. The van der Waals surface area contributed by atoms with Crippen LogP contribution >= 0.6 is 0 Å². The number of fused-ring (bicyclic) bond motifs is 2. The van der Waals surface area contributed by atoms with E-state index in [0.717, 1.165) is 13.2 Å². The van der Waals surface area contributed by atoms with Crippen LogP contribution < -0.4 is 0 Å². The highest BCUT2D eigenvalue weighted by molar-refractivity contribution is 5.22. The maximum Gasteiger partial charge on any atom is 0.174 e. The van der Waals surface area contributed by atoms with Crippen LogP contribution in [0.15, 0.2) is 12.2 Å². The summed E-state index contributed by atoms with van der Waals surface area (Å²) in [6.07, 6.45) is 2.50. The molecule has 2 heteroatoms. The van der Waals surface area contributed by atoms with Crippen molar-refractivity contribution in [3.8, 4) is 0 Å². The molecule has 3 fully saturated rings. The molecule has 3 aliphatic rings. The Kier molecular flexibility index (Phi) is 2.02. The average molecular weight is 208 g/mol. The lowest BCUT2D eigenvalue weighted by Gasteiger charge is -2.60. The quantitative estimate of drug-likeness (QED) is 0.570. The number of hydrogen-bond donors (Lipinski definition) is 0. The van der Waals surface area contributed by atoms with Crippen LogP contribution in [0.5, 0.6) is 0 Å². The Morgan fingerprint density at radius 3 is 2.53 bits per heavy atom. The molecule has 0 N–H and O–H groups in total. The SMILES string of the molecule is C=C1C(C)CC[C@H]2C1[C@@H](C)C21OCCO1. The fourth-order valence-corrected chi connectivity index (χ4v) is 3.89. The van der Waals surface area contributed by atoms with Gasteiger partial charge in [0.1, 0.15) is 0 Å². The minimum atomic E-state index is -0.228. The lowest BCUT2D eigenvalue weighted by molar-refractivity contribution is -0.314. The molecule has 4 atom stereocenters. The van der Waals surface area contributed by atoms with Gasteiger partial charge in [-0.15, -0.1) is 0 Å². The first kappa shape index (κ1) is 9.86. The van der Waals surface area contributed by atoms with E-state index in [1.54, 1.807) is 0 Å². The zero-order valence-electron chi connectivity index (χ0n) is 9.66. The third-order valence-electron chi connectivity index (χ3n) is 4.83. The van der Waals surface area contributed by atoms with Crippen molar-refractivity contribution in [3.05, 3.63) is 12.2 Å². The van der Waals surface area contributed by atoms with E-state index in [0.29, 0.717) is 23.7 Å². The lowest BCUT2D eigenvalue weighted by Crippen LogP contribution is -2.64. The molecule has 0 radical (unpaired) electrons.